The minimum absolute atomic E-state index is 0.496. The van der Waals surface area contributed by atoms with Crippen molar-refractivity contribution in [3.05, 3.63) is 0 Å². The van der Waals surface area contributed by atoms with Crippen LogP contribution in [-0.2, 0) is 0 Å². The average Bonchev–Trinajstić information content (AvgIpc) is 2.41. The number of hydrogen-bond acceptors (Lipinski definition) is 1. The van der Waals surface area contributed by atoms with Gasteiger partial charge in [-0.1, -0.05) is 0 Å². The largest absolute Gasteiger partial charge is 0.295 e. The monoisotopic (exact) mass is 111 g/mol. The first-order chi connectivity index (χ1) is 3.79. The molecule has 0 bridgehead atoms. The SMILES string of the molecule is CC(C)N=CC1CC1. The van der Waals surface area contributed by atoms with Gasteiger partial charge in [0, 0.05) is 12.3 Å². The molecule has 0 saturated heterocycles. The molecule has 0 aromatic carbocycles. The molecule has 1 saturated carbocycles. The van der Waals surface area contributed by atoms with E-state index in [9.17, 15) is 0 Å². The fraction of sp³-hybridized carbons (Fsp3) is 0.857. The van der Waals surface area contributed by atoms with Crippen molar-refractivity contribution in [3.8, 4) is 0 Å². The molecule has 1 nitrogen and oxygen atoms in total. The normalized spacial score (nSPS) is 20.9. The van der Waals surface area contributed by atoms with Crippen molar-refractivity contribution in [1.29, 1.82) is 0 Å². The van der Waals surface area contributed by atoms with Crippen LogP contribution in [0, 0.1) is 5.92 Å². The zero-order valence-electron chi connectivity index (χ0n) is 5.59. The highest BCUT2D eigenvalue weighted by Crippen LogP contribution is 2.26. The predicted octanol–water partition coefficient (Wildman–Crippen LogP) is 1.88. The summed E-state index contributed by atoms with van der Waals surface area (Å²) in [6.07, 6.45) is 4.84. The zero-order chi connectivity index (χ0) is 5.98. The van der Waals surface area contributed by atoms with Gasteiger partial charge in [0.05, 0.1) is 0 Å². The van der Waals surface area contributed by atoms with Crippen LogP contribution >= 0.6 is 0 Å². The van der Waals surface area contributed by atoms with Crippen LogP contribution in [0.2, 0.25) is 0 Å². The second-order valence-corrected chi connectivity index (χ2v) is 2.73. The van der Waals surface area contributed by atoms with Crippen molar-refractivity contribution in [3.63, 3.8) is 0 Å². The molecule has 1 aliphatic carbocycles. The van der Waals surface area contributed by atoms with Gasteiger partial charge in [-0.05, 0) is 32.6 Å². The Bertz CT molecular complexity index is 86.6. The van der Waals surface area contributed by atoms with Crippen molar-refractivity contribution in [1.82, 2.24) is 0 Å². The van der Waals surface area contributed by atoms with Crippen LogP contribution < -0.4 is 0 Å². The number of aliphatic imine (C=N–C) groups is 1. The lowest BCUT2D eigenvalue weighted by molar-refractivity contribution is 0.834. The van der Waals surface area contributed by atoms with Crippen molar-refractivity contribution in [2.45, 2.75) is 32.7 Å². The van der Waals surface area contributed by atoms with Crippen LogP contribution in [0.15, 0.2) is 4.99 Å². The Morgan fingerprint density at radius 2 is 2.12 bits per heavy atom. The van der Waals surface area contributed by atoms with Crippen LogP contribution in [0.5, 0.6) is 0 Å². The molecule has 0 unspecified atom stereocenters. The van der Waals surface area contributed by atoms with Gasteiger partial charge in [-0.3, -0.25) is 4.99 Å². The lowest BCUT2D eigenvalue weighted by Crippen LogP contribution is -1.88. The summed E-state index contributed by atoms with van der Waals surface area (Å²) in [6.45, 7) is 4.22. The van der Waals surface area contributed by atoms with Gasteiger partial charge in [0.1, 0.15) is 0 Å². The number of rotatable bonds is 2. The molecule has 0 radical (unpaired) electrons. The lowest BCUT2D eigenvalue weighted by atomic mass is 10.4. The maximum atomic E-state index is 4.26. The molecule has 0 aromatic rings. The summed E-state index contributed by atoms with van der Waals surface area (Å²) >= 11 is 0. The Hall–Kier alpha value is -0.330. The Labute approximate surface area is 50.8 Å². The Morgan fingerprint density at radius 1 is 1.50 bits per heavy atom. The topological polar surface area (TPSA) is 12.4 Å². The molecule has 1 heteroatoms. The zero-order valence-corrected chi connectivity index (χ0v) is 5.59. The maximum Gasteiger partial charge on any atom is 0.0439 e. The highest BCUT2D eigenvalue weighted by molar-refractivity contribution is 5.63. The lowest BCUT2D eigenvalue weighted by Gasteiger charge is -1.90. The van der Waals surface area contributed by atoms with Crippen LogP contribution in [0.3, 0.4) is 0 Å². The molecule has 8 heavy (non-hydrogen) atoms. The molecule has 0 heterocycles. The van der Waals surface area contributed by atoms with Crippen molar-refractivity contribution in [2.75, 3.05) is 0 Å². The van der Waals surface area contributed by atoms with E-state index in [1.807, 2.05) is 0 Å². The molecule has 0 atom stereocenters. The molecule has 1 aliphatic rings. The second-order valence-electron chi connectivity index (χ2n) is 2.73. The first kappa shape index (κ1) is 5.80. The van der Waals surface area contributed by atoms with E-state index in [-0.39, 0.29) is 0 Å². The fourth-order valence-corrected chi connectivity index (χ4v) is 0.539. The summed E-state index contributed by atoms with van der Waals surface area (Å²) in [4.78, 5) is 4.26. The van der Waals surface area contributed by atoms with E-state index in [1.54, 1.807) is 0 Å². The summed E-state index contributed by atoms with van der Waals surface area (Å²) in [6, 6.07) is 0.496. The predicted molar refractivity (Wildman–Crippen MR) is 36.4 cm³/mol. The first-order valence-corrected chi connectivity index (χ1v) is 3.32. The fourth-order valence-electron chi connectivity index (χ4n) is 0.539. The second kappa shape index (κ2) is 2.29. The number of nitrogens with zero attached hydrogens (tertiary/aromatic N) is 1. The van der Waals surface area contributed by atoms with E-state index < -0.39 is 0 Å². The van der Waals surface area contributed by atoms with E-state index in [2.05, 4.69) is 25.1 Å². The van der Waals surface area contributed by atoms with Crippen LogP contribution in [-0.4, -0.2) is 12.3 Å². The Morgan fingerprint density at radius 3 is 2.50 bits per heavy atom. The highest BCUT2D eigenvalue weighted by Gasteiger charge is 2.17. The van der Waals surface area contributed by atoms with Crippen molar-refractivity contribution >= 4 is 6.21 Å². The summed E-state index contributed by atoms with van der Waals surface area (Å²) in [5, 5.41) is 0. The average molecular weight is 111 g/mol. The van der Waals surface area contributed by atoms with E-state index in [0.29, 0.717) is 6.04 Å². The van der Waals surface area contributed by atoms with Gasteiger partial charge in [0.25, 0.3) is 0 Å². The molecule has 0 amide bonds. The number of hydrogen-bond donors (Lipinski definition) is 0. The van der Waals surface area contributed by atoms with Crippen LogP contribution in [0.25, 0.3) is 0 Å². The van der Waals surface area contributed by atoms with E-state index in [0.717, 1.165) is 5.92 Å². The van der Waals surface area contributed by atoms with Crippen LogP contribution in [0.4, 0.5) is 0 Å². The molecule has 0 spiro atoms. The molecule has 1 fully saturated rings. The minimum atomic E-state index is 0.496. The molecular formula is C7H13N. The Balaban J connectivity index is 2.13. The molecule has 46 valence electrons. The third kappa shape index (κ3) is 2.10. The van der Waals surface area contributed by atoms with Gasteiger partial charge >= 0.3 is 0 Å². The van der Waals surface area contributed by atoms with Crippen LogP contribution in [0.1, 0.15) is 26.7 Å². The summed E-state index contributed by atoms with van der Waals surface area (Å²) < 4.78 is 0. The van der Waals surface area contributed by atoms with E-state index >= 15 is 0 Å². The van der Waals surface area contributed by atoms with Crippen molar-refractivity contribution in [2.24, 2.45) is 10.9 Å². The molecule has 0 aliphatic heterocycles. The third-order valence-electron chi connectivity index (χ3n) is 1.22. The standard InChI is InChI=1S/C7H13N/c1-6(2)8-5-7-3-4-7/h5-7H,3-4H2,1-2H3. The van der Waals surface area contributed by atoms with Gasteiger partial charge in [0.15, 0.2) is 0 Å². The Kier molecular flexibility index (Phi) is 1.66. The van der Waals surface area contributed by atoms with E-state index in [4.69, 9.17) is 0 Å². The summed E-state index contributed by atoms with van der Waals surface area (Å²) in [7, 11) is 0. The third-order valence-corrected chi connectivity index (χ3v) is 1.22. The minimum Gasteiger partial charge on any atom is -0.295 e. The maximum absolute atomic E-state index is 4.26. The first-order valence-electron chi connectivity index (χ1n) is 3.32. The molecule has 0 N–H and O–H groups in total. The molecular weight excluding hydrogens is 98.1 g/mol. The van der Waals surface area contributed by atoms with E-state index in [1.165, 1.54) is 12.8 Å². The smallest absolute Gasteiger partial charge is 0.0439 e. The summed E-state index contributed by atoms with van der Waals surface area (Å²) in [5.41, 5.74) is 0. The van der Waals surface area contributed by atoms with Crippen molar-refractivity contribution < 1.29 is 0 Å². The van der Waals surface area contributed by atoms with Gasteiger partial charge < -0.3 is 0 Å². The van der Waals surface area contributed by atoms with Gasteiger partial charge in [-0.25, -0.2) is 0 Å². The quantitative estimate of drug-likeness (QED) is 0.482. The highest BCUT2D eigenvalue weighted by atomic mass is 14.7. The van der Waals surface area contributed by atoms with Gasteiger partial charge in [-0.2, -0.15) is 0 Å². The van der Waals surface area contributed by atoms with Gasteiger partial charge in [0.2, 0.25) is 0 Å². The van der Waals surface area contributed by atoms with Gasteiger partial charge in [-0.15, -0.1) is 0 Å². The molecule has 1 rings (SSSR count). The summed E-state index contributed by atoms with van der Waals surface area (Å²) in [5.74, 6) is 0.845. The molecule has 0 aromatic heterocycles.